The quantitative estimate of drug-likeness (QED) is 0.0351. The van der Waals surface area contributed by atoms with E-state index in [9.17, 15) is 34.2 Å². The molecule has 218 valence electrons. The van der Waals surface area contributed by atoms with Gasteiger partial charge in [-0.15, -0.1) is 33.3 Å². The molecular weight excluding hydrogens is 606 g/mol. The van der Waals surface area contributed by atoms with E-state index in [0.29, 0.717) is 12.0 Å². The van der Waals surface area contributed by atoms with E-state index in [1.54, 1.807) is 0 Å². The van der Waals surface area contributed by atoms with Gasteiger partial charge in [-0.2, -0.15) is 5.21 Å². The predicted molar refractivity (Wildman–Crippen MR) is 142 cm³/mol. The average molecular weight is 628 g/mol. The third kappa shape index (κ3) is 6.81. The van der Waals surface area contributed by atoms with Gasteiger partial charge in [0.05, 0.1) is 0 Å². The number of anilines is 1. The fourth-order valence-corrected chi connectivity index (χ4v) is 6.98. The van der Waals surface area contributed by atoms with Crippen molar-refractivity contribution in [3.05, 3.63) is 22.3 Å². The molecule has 1 saturated heterocycles. The maximum Gasteiger partial charge on any atom is 0.352 e. The molecular formula is C20H21N9O9S3. The lowest BCUT2D eigenvalue weighted by Gasteiger charge is -2.50. The highest BCUT2D eigenvalue weighted by Gasteiger charge is 2.55. The van der Waals surface area contributed by atoms with Crippen LogP contribution in [0.15, 0.2) is 27.0 Å². The largest absolute Gasteiger partial charge is 0.477 e. The monoisotopic (exact) mass is 627 g/mol. The maximum absolute atomic E-state index is 13.2. The molecule has 21 heteroatoms. The summed E-state index contributed by atoms with van der Waals surface area (Å²) in [6.45, 7) is -0.352. The number of carbonyl (C=O) groups excluding carboxylic acids is 4. The number of amides is 3. The normalized spacial score (nSPS) is 19.1. The molecule has 0 aromatic carbocycles. The number of aromatic amines is 1. The highest BCUT2D eigenvalue weighted by atomic mass is 32.2. The van der Waals surface area contributed by atoms with Gasteiger partial charge in [0, 0.05) is 23.0 Å². The number of aliphatic hydroxyl groups excluding tert-OH is 1. The molecule has 2 aromatic heterocycles. The lowest BCUT2D eigenvalue weighted by molar-refractivity contribution is -0.150. The number of hydrogen-bond acceptors (Lipinski definition) is 16. The van der Waals surface area contributed by atoms with E-state index < -0.39 is 34.4 Å². The third-order valence-electron chi connectivity index (χ3n) is 5.50. The number of carbonyl (C=O) groups is 5. The number of thiazole rings is 1. The van der Waals surface area contributed by atoms with Gasteiger partial charge in [0.1, 0.15) is 29.4 Å². The fraction of sp³-hybridized carbons (Fsp3) is 0.400. The molecule has 4 rings (SSSR count). The second-order valence-corrected chi connectivity index (χ2v) is 11.0. The van der Waals surface area contributed by atoms with Crippen LogP contribution in [0.5, 0.6) is 0 Å². The predicted octanol–water partition coefficient (Wildman–Crippen LogP) is -1.60. The number of β-lactam (4-membered cyclic amide) rings is 1. The van der Waals surface area contributed by atoms with Gasteiger partial charge in [-0.3, -0.25) is 24.1 Å². The summed E-state index contributed by atoms with van der Waals surface area (Å²) in [7, 11) is 0. The van der Waals surface area contributed by atoms with E-state index >= 15 is 0 Å². The van der Waals surface area contributed by atoms with Crippen molar-refractivity contribution in [3.63, 3.8) is 0 Å². The Morgan fingerprint density at radius 3 is 2.88 bits per heavy atom. The van der Waals surface area contributed by atoms with Crippen LogP contribution < -0.4 is 10.6 Å². The minimum absolute atomic E-state index is 0.0341. The number of rotatable bonds is 16. The summed E-state index contributed by atoms with van der Waals surface area (Å²) < 4.78 is 4.51. The number of carboxylic acids is 1. The van der Waals surface area contributed by atoms with Gasteiger partial charge in [0.2, 0.25) is 11.6 Å². The molecule has 0 radical (unpaired) electrons. The Hall–Kier alpha value is -4.08. The Labute approximate surface area is 242 Å². The molecule has 2 unspecified atom stereocenters. The van der Waals surface area contributed by atoms with Crippen LogP contribution in [0, 0.1) is 0 Å². The maximum atomic E-state index is 13.2. The standard InChI is InChI=1S/C20H21N9O9S3/c30-2-1-11(41-20-24-27-28-25-20)9-5-39-17-13(16(34)29(17)14(9)18(35)36)23-15(33)12(26-38-4-3-37-8-32)10-6-40-19(22-10)21-7-31/h6-8,11,13,17,30H,1-5H2,(H,23,33)(H,35,36)(H,21,22,31)(H,24,25,27,28)/t11?,13?,17-/m1/s1. The first-order valence-corrected chi connectivity index (χ1v) is 14.3. The number of nitrogens with one attached hydrogen (secondary N) is 3. The van der Waals surface area contributed by atoms with Gasteiger partial charge in [-0.1, -0.05) is 16.9 Å². The first-order valence-electron chi connectivity index (χ1n) is 11.5. The molecule has 41 heavy (non-hydrogen) atoms. The van der Waals surface area contributed by atoms with Gasteiger partial charge in [0.15, 0.2) is 17.5 Å². The molecule has 5 N–H and O–H groups in total. The Morgan fingerprint density at radius 2 is 2.20 bits per heavy atom. The summed E-state index contributed by atoms with van der Waals surface area (Å²) in [5.41, 5.74) is -0.138. The molecule has 4 heterocycles. The Kier molecular flexibility index (Phi) is 10.2. The molecule has 0 saturated carbocycles. The van der Waals surface area contributed by atoms with Crippen LogP contribution in [0.3, 0.4) is 0 Å². The van der Waals surface area contributed by atoms with Crippen molar-refractivity contribution in [1.29, 1.82) is 0 Å². The van der Waals surface area contributed by atoms with Crippen molar-refractivity contribution in [2.45, 2.75) is 28.2 Å². The van der Waals surface area contributed by atoms with E-state index in [1.165, 1.54) is 17.1 Å². The van der Waals surface area contributed by atoms with E-state index in [4.69, 9.17) is 4.84 Å². The highest BCUT2D eigenvalue weighted by Crippen LogP contribution is 2.44. The minimum Gasteiger partial charge on any atom is -0.477 e. The number of carboxylic acid groups (broad SMARTS) is 1. The van der Waals surface area contributed by atoms with Crippen molar-refractivity contribution in [2.24, 2.45) is 5.16 Å². The van der Waals surface area contributed by atoms with Crippen LogP contribution in [0.2, 0.25) is 0 Å². The van der Waals surface area contributed by atoms with E-state index in [1.807, 2.05) is 0 Å². The molecule has 0 aliphatic carbocycles. The van der Waals surface area contributed by atoms with E-state index in [2.05, 4.69) is 46.1 Å². The number of aliphatic carboxylic acids is 1. The summed E-state index contributed by atoms with van der Waals surface area (Å²) in [5, 5.41) is 42.3. The molecule has 3 amide bonds. The van der Waals surface area contributed by atoms with Crippen LogP contribution in [-0.4, -0.2) is 119 Å². The minimum atomic E-state index is -1.34. The lowest BCUT2D eigenvalue weighted by Crippen LogP contribution is -2.71. The number of hydrogen-bond donors (Lipinski definition) is 5. The molecule has 0 spiro atoms. The summed E-state index contributed by atoms with van der Waals surface area (Å²) in [6, 6.07) is -1.10. The van der Waals surface area contributed by atoms with Crippen LogP contribution >= 0.6 is 34.9 Å². The number of fused-ring (bicyclic) bond motifs is 1. The summed E-state index contributed by atoms with van der Waals surface area (Å²) in [4.78, 5) is 70.0. The molecule has 0 bridgehead atoms. The zero-order valence-electron chi connectivity index (χ0n) is 20.7. The first kappa shape index (κ1) is 29.9. The summed E-state index contributed by atoms with van der Waals surface area (Å²) in [6.07, 6.45) is 0.577. The van der Waals surface area contributed by atoms with Gasteiger partial charge >= 0.3 is 5.97 Å². The van der Waals surface area contributed by atoms with Gasteiger partial charge < -0.3 is 30.4 Å². The summed E-state index contributed by atoms with van der Waals surface area (Å²) >= 11 is 3.34. The Bertz CT molecular complexity index is 1350. The molecule has 1 fully saturated rings. The molecule has 3 atom stereocenters. The average Bonchev–Trinajstić information content (AvgIpc) is 3.65. The Balaban J connectivity index is 1.53. The lowest BCUT2D eigenvalue weighted by atomic mass is 10.00. The topological polar surface area (TPSA) is 251 Å². The van der Waals surface area contributed by atoms with E-state index in [-0.39, 0.29) is 65.9 Å². The highest BCUT2D eigenvalue weighted by molar-refractivity contribution is 8.01. The molecule has 2 aromatic rings. The zero-order valence-corrected chi connectivity index (χ0v) is 23.1. The SMILES string of the molecule is O=CNc1nc(C(=NOCCOC=O)C(=O)NC2C(=O)N3C(C(=O)O)=C(C(CCO)Sc4nn[nH]n4)CS[C@H]23)cs1. The third-order valence-corrected chi connectivity index (χ3v) is 8.77. The molecule has 18 nitrogen and oxygen atoms in total. The second-order valence-electron chi connectivity index (χ2n) is 7.89. The fourth-order valence-electron chi connectivity index (χ4n) is 3.80. The summed E-state index contributed by atoms with van der Waals surface area (Å²) in [5.74, 6) is -2.67. The zero-order chi connectivity index (χ0) is 29.4. The van der Waals surface area contributed by atoms with Crippen molar-refractivity contribution in [2.75, 3.05) is 30.9 Å². The van der Waals surface area contributed by atoms with E-state index in [0.717, 1.165) is 28.0 Å². The van der Waals surface area contributed by atoms with Crippen molar-refractivity contribution in [3.8, 4) is 0 Å². The first-order chi connectivity index (χ1) is 19.9. The molecule has 2 aliphatic rings. The smallest absolute Gasteiger partial charge is 0.352 e. The number of aliphatic hydroxyl groups is 1. The Morgan fingerprint density at radius 1 is 1.37 bits per heavy atom. The van der Waals surface area contributed by atoms with Gasteiger partial charge in [0.25, 0.3) is 18.3 Å². The van der Waals surface area contributed by atoms with Crippen LogP contribution in [-0.2, 0) is 33.5 Å². The van der Waals surface area contributed by atoms with Gasteiger partial charge in [-0.25, -0.2) is 9.78 Å². The number of tetrazole rings is 1. The second kappa shape index (κ2) is 14.0. The van der Waals surface area contributed by atoms with Crippen molar-refractivity contribution < 1.29 is 43.8 Å². The number of H-pyrrole nitrogens is 1. The van der Waals surface area contributed by atoms with Crippen molar-refractivity contribution in [1.82, 2.24) is 35.8 Å². The molecule has 2 aliphatic heterocycles. The van der Waals surface area contributed by atoms with Crippen LogP contribution in [0.25, 0.3) is 0 Å². The van der Waals surface area contributed by atoms with Crippen LogP contribution in [0.4, 0.5) is 5.13 Å². The number of oxime groups is 1. The number of aromatic nitrogens is 5. The van der Waals surface area contributed by atoms with Crippen LogP contribution in [0.1, 0.15) is 12.1 Å². The number of nitrogens with zero attached hydrogens (tertiary/aromatic N) is 6. The number of thioether (sulfide) groups is 2. The van der Waals surface area contributed by atoms with Crippen molar-refractivity contribution >= 4 is 76.4 Å². The van der Waals surface area contributed by atoms with Gasteiger partial charge in [-0.05, 0) is 17.2 Å². The number of ether oxygens (including phenoxy) is 1.